The van der Waals surface area contributed by atoms with Crippen molar-refractivity contribution in [2.24, 2.45) is 0 Å². The molecule has 2 aliphatic heterocycles. The van der Waals surface area contributed by atoms with Crippen molar-refractivity contribution < 1.29 is 43.1 Å². The number of carbonyl (C=O) groups is 1. The van der Waals surface area contributed by atoms with Crippen LogP contribution in [0.5, 0.6) is 0 Å². The zero-order valence-electron chi connectivity index (χ0n) is 38.3. The van der Waals surface area contributed by atoms with Gasteiger partial charge in [-0.2, -0.15) is 0 Å². The SMILES string of the molecule is CCCCCCCCCCCCCCCC(=O)Nc1cccc(C2O[C@H](CN3CCOCCOCCOCCOCCOCC3)[C@@H](c3ccccc3)[C@H](c3ccc(CO)cc3)O2)c1. The molecule has 2 heterocycles. The summed E-state index contributed by atoms with van der Waals surface area (Å²) in [5.74, 6) is -0.135. The molecule has 3 aromatic carbocycles. The average molecular weight is 875 g/mol. The van der Waals surface area contributed by atoms with E-state index in [1.165, 1.54) is 70.6 Å². The Morgan fingerprint density at radius 1 is 0.587 bits per heavy atom. The number of nitrogens with one attached hydrogen (secondary N) is 1. The molecule has 4 atom stereocenters. The molecule has 11 heteroatoms. The van der Waals surface area contributed by atoms with Crippen molar-refractivity contribution >= 4 is 11.6 Å². The Morgan fingerprint density at radius 3 is 1.67 bits per heavy atom. The molecule has 2 N–H and O–H groups in total. The van der Waals surface area contributed by atoms with Gasteiger partial charge in [0.15, 0.2) is 6.29 Å². The summed E-state index contributed by atoms with van der Waals surface area (Å²) in [6.07, 6.45) is 15.7. The van der Waals surface area contributed by atoms with Gasteiger partial charge in [0.05, 0.1) is 84.9 Å². The Kier molecular flexibility index (Phi) is 25.5. The molecule has 0 radical (unpaired) electrons. The van der Waals surface area contributed by atoms with E-state index in [0.29, 0.717) is 92.1 Å². The van der Waals surface area contributed by atoms with Crippen molar-refractivity contribution in [3.8, 4) is 0 Å². The Morgan fingerprint density at radius 2 is 1.11 bits per heavy atom. The van der Waals surface area contributed by atoms with E-state index in [1.54, 1.807) is 0 Å². The Labute approximate surface area is 378 Å². The Balaban J connectivity index is 1.24. The van der Waals surface area contributed by atoms with Gasteiger partial charge in [0, 0.05) is 43.2 Å². The third-order valence-electron chi connectivity index (χ3n) is 12.0. The van der Waals surface area contributed by atoms with Gasteiger partial charge in [-0.1, -0.05) is 151 Å². The molecule has 63 heavy (non-hydrogen) atoms. The molecular weight excluding hydrogens is 797 g/mol. The molecule has 0 aliphatic carbocycles. The van der Waals surface area contributed by atoms with Crippen LogP contribution in [0.4, 0.5) is 5.69 Å². The van der Waals surface area contributed by atoms with Crippen molar-refractivity contribution in [3.63, 3.8) is 0 Å². The van der Waals surface area contributed by atoms with E-state index >= 15 is 0 Å². The summed E-state index contributed by atoms with van der Waals surface area (Å²) >= 11 is 0. The zero-order valence-corrected chi connectivity index (χ0v) is 38.3. The summed E-state index contributed by atoms with van der Waals surface area (Å²) in [6, 6.07) is 26.3. The highest BCUT2D eigenvalue weighted by molar-refractivity contribution is 5.90. The first kappa shape index (κ1) is 50.8. The smallest absolute Gasteiger partial charge is 0.224 e. The van der Waals surface area contributed by atoms with Crippen molar-refractivity contribution in [2.75, 3.05) is 91.0 Å². The quantitative estimate of drug-likeness (QED) is 0.100. The summed E-state index contributed by atoms with van der Waals surface area (Å²) in [5, 5.41) is 13.0. The van der Waals surface area contributed by atoms with Crippen LogP contribution in [0.15, 0.2) is 78.9 Å². The number of amides is 1. The first-order valence-corrected chi connectivity index (χ1v) is 24.2. The number of nitrogens with zero attached hydrogens (tertiary/aromatic N) is 1. The predicted octanol–water partition coefficient (Wildman–Crippen LogP) is 9.94. The molecule has 1 amide bonds. The van der Waals surface area contributed by atoms with E-state index in [-0.39, 0.29) is 30.6 Å². The van der Waals surface area contributed by atoms with Crippen molar-refractivity contribution in [1.29, 1.82) is 0 Å². The normalized spacial score (nSPS) is 21.6. The van der Waals surface area contributed by atoms with Gasteiger partial charge in [-0.15, -0.1) is 0 Å². The number of aliphatic hydroxyl groups is 1. The topological polar surface area (TPSA) is 117 Å². The van der Waals surface area contributed by atoms with E-state index in [0.717, 1.165) is 40.8 Å². The van der Waals surface area contributed by atoms with Crippen LogP contribution >= 0.6 is 0 Å². The largest absolute Gasteiger partial charge is 0.392 e. The van der Waals surface area contributed by atoms with Gasteiger partial charge in [0.1, 0.15) is 0 Å². The Hall–Kier alpha value is -3.23. The molecule has 2 saturated heterocycles. The van der Waals surface area contributed by atoms with Gasteiger partial charge < -0.3 is 43.6 Å². The lowest BCUT2D eigenvalue weighted by atomic mass is 9.83. The molecule has 0 aromatic heterocycles. The van der Waals surface area contributed by atoms with E-state index in [2.05, 4.69) is 41.4 Å². The lowest BCUT2D eigenvalue weighted by Gasteiger charge is -2.44. The zero-order chi connectivity index (χ0) is 44.0. The minimum Gasteiger partial charge on any atom is -0.392 e. The Bertz CT molecular complexity index is 1590. The number of unbranched alkanes of at least 4 members (excludes halogenated alkanes) is 12. The number of benzene rings is 3. The van der Waals surface area contributed by atoms with Crippen LogP contribution in [0.25, 0.3) is 0 Å². The lowest BCUT2D eigenvalue weighted by Crippen LogP contribution is -2.46. The van der Waals surface area contributed by atoms with E-state index in [1.807, 2.05) is 54.6 Å². The predicted molar refractivity (Wildman–Crippen MR) is 249 cm³/mol. The highest BCUT2D eigenvalue weighted by Crippen LogP contribution is 2.47. The molecule has 3 aromatic rings. The van der Waals surface area contributed by atoms with Gasteiger partial charge in [0.25, 0.3) is 0 Å². The van der Waals surface area contributed by atoms with Gasteiger partial charge >= 0.3 is 0 Å². The van der Waals surface area contributed by atoms with Crippen molar-refractivity contribution in [3.05, 3.63) is 101 Å². The highest BCUT2D eigenvalue weighted by atomic mass is 16.7. The number of aliphatic hydroxyl groups excluding tert-OH is 1. The summed E-state index contributed by atoms with van der Waals surface area (Å²) in [6.45, 7) is 9.29. The first-order chi connectivity index (χ1) is 31.1. The van der Waals surface area contributed by atoms with Crippen LogP contribution < -0.4 is 5.32 Å². The van der Waals surface area contributed by atoms with Crippen LogP contribution in [0.2, 0.25) is 0 Å². The molecule has 0 saturated carbocycles. The first-order valence-electron chi connectivity index (χ1n) is 24.2. The lowest BCUT2D eigenvalue weighted by molar-refractivity contribution is -0.263. The summed E-state index contributed by atoms with van der Waals surface area (Å²) in [5.41, 5.74) is 4.51. The second-order valence-electron chi connectivity index (χ2n) is 16.9. The van der Waals surface area contributed by atoms with Crippen LogP contribution in [-0.2, 0) is 44.6 Å². The van der Waals surface area contributed by atoms with Gasteiger partial charge in [-0.05, 0) is 35.2 Å². The van der Waals surface area contributed by atoms with Crippen LogP contribution in [-0.4, -0.2) is 108 Å². The second-order valence-corrected chi connectivity index (χ2v) is 16.9. The second kappa shape index (κ2) is 31.6. The van der Waals surface area contributed by atoms with E-state index in [9.17, 15) is 9.90 Å². The maximum Gasteiger partial charge on any atom is 0.224 e. The molecule has 1 unspecified atom stereocenters. The number of hydrogen-bond acceptors (Lipinski definition) is 10. The summed E-state index contributed by atoms with van der Waals surface area (Å²) in [7, 11) is 0. The molecule has 11 nitrogen and oxygen atoms in total. The van der Waals surface area contributed by atoms with E-state index < -0.39 is 6.29 Å². The fraction of sp³-hybridized carbons (Fsp3) is 0.635. The number of anilines is 1. The third kappa shape index (κ3) is 19.8. The van der Waals surface area contributed by atoms with Crippen LogP contribution in [0.1, 0.15) is 137 Å². The fourth-order valence-electron chi connectivity index (χ4n) is 8.37. The fourth-order valence-corrected chi connectivity index (χ4v) is 8.37. The maximum atomic E-state index is 13.2. The third-order valence-corrected chi connectivity index (χ3v) is 12.0. The molecule has 0 bridgehead atoms. The number of ether oxygens (including phenoxy) is 7. The minimum absolute atomic E-state index is 0.0278. The van der Waals surface area contributed by atoms with Crippen LogP contribution in [0.3, 0.4) is 0 Å². The number of rotatable bonds is 21. The average Bonchev–Trinajstić information content (AvgIpc) is 3.31. The van der Waals surface area contributed by atoms with Crippen LogP contribution in [0, 0.1) is 0 Å². The van der Waals surface area contributed by atoms with Gasteiger partial charge in [-0.3, -0.25) is 9.69 Å². The molecule has 2 fully saturated rings. The summed E-state index contributed by atoms with van der Waals surface area (Å²) < 4.78 is 43.1. The van der Waals surface area contributed by atoms with Crippen molar-refractivity contribution in [2.45, 2.75) is 128 Å². The van der Waals surface area contributed by atoms with Gasteiger partial charge in [-0.25, -0.2) is 0 Å². The highest BCUT2D eigenvalue weighted by Gasteiger charge is 2.42. The van der Waals surface area contributed by atoms with Gasteiger partial charge in [0.2, 0.25) is 5.91 Å². The number of hydrogen-bond donors (Lipinski definition) is 2. The molecule has 350 valence electrons. The molecule has 0 spiro atoms. The molecule has 5 rings (SSSR count). The summed E-state index contributed by atoms with van der Waals surface area (Å²) in [4.78, 5) is 15.5. The standard InChI is InChI=1S/C52H78N2O9/c1-2-3-4-5-6-7-8-9-10-11-12-13-17-23-49(56)53-47-22-18-21-46(40-47)52-62-48(41-54-28-30-57-32-34-59-36-38-61-39-37-60-35-33-58-31-29-54)50(44-19-15-14-16-20-44)51(63-52)45-26-24-43(42-55)25-27-45/h14-16,18-22,24-27,40,48,50-52,55H,2-13,17,23,28-39,41-42H2,1H3,(H,53,56)/t48-,50-,51+,52?/m1/s1. The van der Waals surface area contributed by atoms with E-state index in [4.69, 9.17) is 33.2 Å². The van der Waals surface area contributed by atoms with Crippen molar-refractivity contribution in [1.82, 2.24) is 4.90 Å². The number of carbonyl (C=O) groups excluding carboxylic acids is 1. The minimum atomic E-state index is -0.707. The molecular formula is C52H78N2O9. The monoisotopic (exact) mass is 875 g/mol. The maximum absolute atomic E-state index is 13.2. The molecule has 2 aliphatic rings.